The summed E-state index contributed by atoms with van der Waals surface area (Å²) in [6.07, 6.45) is 0. The van der Waals surface area contributed by atoms with Gasteiger partial charge in [-0.1, -0.05) is 0 Å². The third-order valence-corrected chi connectivity index (χ3v) is 3.50. The molecule has 98 valence electrons. The number of amides is 1. The number of phenols is 1. The molecule has 1 aromatic rings. The highest BCUT2D eigenvalue weighted by Gasteiger charge is 2.22. The van der Waals surface area contributed by atoms with Crippen molar-refractivity contribution in [3.05, 3.63) is 24.8 Å². The first kappa shape index (κ1) is 15.4. The number of aromatic hydroxyl groups is 1. The van der Waals surface area contributed by atoms with E-state index in [2.05, 4.69) is 5.32 Å². The van der Waals surface area contributed by atoms with Gasteiger partial charge in [-0.2, -0.15) is 0 Å². The van der Waals surface area contributed by atoms with Gasteiger partial charge in [0, 0.05) is 3.57 Å². The second-order valence-corrected chi connectivity index (χ2v) is 5.74. The van der Waals surface area contributed by atoms with E-state index in [1.807, 2.05) is 45.2 Å². The maximum absolute atomic E-state index is 11.8. The van der Waals surface area contributed by atoms with Crippen LogP contribution in [-0.2, 0) is 4.79 Å². The van der Waals surface area contributed by atoms with Crippen molar-refractivity contribution in [2.75, 3.05) is 6.61 Å². The number of phenolic OH excluding ortho intramolecular Hbond substituents is 1. The summed E-state index contributed by atoms with van der Waals surface area (Å²) >= 11 is 3.84. The molecule has 0 heterocycles. The second-order valence-electron chi connectivity index (χ2n) is 3.33. The van der Waals surface area contributed by atoms with Crippen molar-refractivity contribution >= 4 is 57.1 Å². The summed E-state index contributed by atoms with van der Waals surface area (Å²) < 4.78 is 1.22. The molecule has 0 saturated carbocycles. The van der Waals surface area contributed by atoms with E-state index in [4.69, 9.17) is 10.2 Å². The molecule has 4 N–H and O–H groups in total. The van der Waals surface area contributed by atoms with Crippen molar-refractivity contribution in [2.24, 2.45) is 0 Å². The molecule has 0 aliphatic carbocycles. The van der Waals surface area contributed by atoms with E-state index < -0.39 is 24.5 Å². The van der Waals surface area contributed by atoms with Gasteiger partial charge >= 0.3 is 5.97 Å². The van der Waals surface area contributed by atoms with Gasteiger partial charge in [-0.15, -0.1) is 0 Å². The van der Waals surface area contributed by atoms with Crippen molar-refractivity contribution in [3.63, 3.8) is 0 Å². The molecule has 0 aliphatic rings. The molecule has 1 amide bonds. The summed E-state index contributed by atoms with van der Waals surface area (Å²) in [7, 11) is 0. The first-order valence-corrected chi connectivity index (χ1v) is 6.85. The monoisotopic (exact) mass is 477 g/mol. The number of carbonyl (C=O) groups excluding carboxylic acids is 1. The van der Waals surface area contributed by atoms with Crippen LogP contribution in [0.2, 0.25) is 0 Å². The fourth-order valence-electron chi connectivity index (χ4n) is 1.16. The molecule has 0 radical (unpaired) electrons. The number of aliphatic carboxylic acids is 1. The quantitative estimate of drug-likeness (QED) is 0.480. The van der Waals surface area contributed by atoms with Crippen LogP contribution in [0.25, 0.3) is 0 Å². The number of hydrogen-bond donors (Lipinski definition) is 4. The predicted octanol–water partition coefficient (Wildman–Crippen LogP) is 0.777. The lowest BCUT2D eigenvalue weighted by atomic mass is 10.1. The number of benzene rings is 1. The Kier molecular flexibility index (Phi) is 5.59. The summed E-state index contributed by atoms with van der Waals surface area (Å²) in [5.74, 6) is -2.30. The van der Waals surface area contributed by atoms with Crippen LogP contribution in [0, 0.1) is 7.14 Å². The zero-order valence-corrected chi connectivity index (χ0v) is 13.2. The highest BCUT2D eigenvalue weighted by molar-refractivity contribution is 14.1. The molecule has 0 saturated heterocycles. The largest absolute Gasteiger partial charge is 0.506 e. The molecule has 1 atom stereocenters. The average Bonchev–Trinajstić information content (AvgIpc) is 2.29. The lowest BCUT2D eigenvalue weighted by molar-refractivity contribution is -0.140. The van der Waals surface area contributed by atoms with Gasteiger partial charge in [-0.05, 0) is 57.3 Å². The fourth-order valence-corrected chi connectivity index (χ4v) is 3.01. The normalized spacial score (nSPS) is 11.9. The van der Waals surface area contributed by atoms with Gasteiger partial charge in [0.05, 0.1) is 15.7 Å². The minimum atomic E-state index is -1.40. The lowest BCUT2D eigenvalue weighted by Gasteiger charge is -2.13. The summed E-state index contributed by atoms with van der Waals surface area (Å²) in [5, 5.41) is 29.4. The predicted molar refractivity (Wildman–Crippen MR) is 79.5 cm³/mol. The molecule has 0 bridgehead atoms. The molecule has 6 nitrogen and oxygen atoms in total. The Hall–Kier alpha value is -0.620. The van der Waals surface area contributed by atoms with E-state index >= 15 is 0 Å². The second kappa shape index (κ2) is 6.52. The first-order valence-electron chi connectivity index (χ1n) is 4.69. The molecular weight excluding hydrogens is 468 g/mol. The SMILES string of the molecule is O=C(N[C@H](CO)C(=O)O)c1cc(I)cc(I)c1O. The zero-order valence-electron chi connectivity index (χ0n) is 8.85. The van der Waals surface area contributed by atoms with Gasteiger partial charge in [-0.3, -0.25) is 4.79 Å². The summed E-state index contributed by atoms with van der Waals surface area (Å²) in [4.78, 5) is 22.5. The van der Waals surface area contributed by atoms with E-state index in [-0.39, 0.29) is 11.3 Å². The number of halogens is 2. The van der Waals surface area contributed by atoms with Crippen LogP contribution in [0.5, 0.6) is 5.75 Å². The molecule has 8 heteroatoms. The van der Waals surface area contributed by atoms with Crippen LogP contribution in [0.15, 0.2) is 12.1 Å². The van der Waals surface area contributed by atoms with Crippen molar-refractivity contribution in [3.8, 4) is 5.75 Å². The Balaban J connectivity index is 3.01. The van der Waals surface area contributed by atoms with Crippen LogP contribution >= 0.6 is 45.2 Å². The van der Waals surface area contributed by atoms with Crippen LogP contribution in [0.1, 0.15) is 10.4 Å². The van der Waals surface area contributed by atoms with Gasteiger partial charge in [0.15, 0.2) is 6.04 Å². The van der Waals surface area contributed by atoms with E-state index in [0.29, 0.717) is 3.57 Å². The Morgan fingerprint density at radius 1 is 1.33 bits per heavy atom. The van der Waals surface area contributed by atoms with Gasteiger partial charge < -0.3 is 20.6 Å². The van der Waals surface area contributed by atoms with Crippen LogP contribution in [0.4, 0.5) is 0 Å². The molecule has 0 aromatic heterocycles. The topological polar surface area (TPSA) is 107 Å². The molecule has 1 aromatic carbocycles. The summed E-state index contributed by atoms with van der Waals surface area (Å²) in [6, 6.07) is 1.71. The number of aliphatic hydroxyl groups excluding tert-OH is 1. The van der Waals surface area contributed by atoms with Crippen LogP contribution in [-0.4, -0.2) is 39.8 Å². The van der Waals surface area contributed by atoms with E-state index in [1.165, 1.54) is 6.07 Å². The van der Waals surface area contributed by atoms with E-state index in [9.17, 15) is 14.7 Å². The number of aliphatic hydroxyl groups is 1. The van der Waals surface area contributed by atoms with Crippen LogP contribution in [0.3, 0.4) is 0 Å². The van der Waals surface area contributed by atoms with Gasteiger partial charge in [0.25, 0.3) is 5.91 Å². The Morgan fingerprint density at radius 2 is 1.94 bits per heavy atom. The zero-order chi connectivity index (χ0) is 13.9. The third kappa shape index (κ3) is 3.68. The first-order chi connectivity index (χ1) is 8.36. The Morgan fingerprint density at radius 3 is 2.44 bits per heavy atom. The van der Waals surface area contributed by atoms with Gasteiger partial charge in [-0.25, -0.2) is 4.79 Å². The fraction of sp³-hybridized carbons (Fsp3) is 0.200. The molecular formula is C10H9I2NO5. The summed E-state index contributed by atoms with van der Waals surface area (Å²) in [6.45, 7) is -0.719. The van der Waals surface area contributed by atoms with Crippen molar-refractivity contribution in [1.29, 1.82) is 0 Å². The Bertz CT molecular complexity index is 491. The van der Waals surface area contributed by atoms with E-state index in [1.54, 1.807) is 6.07 Å². The van der Waals surface area contributed by atoms with Gasteiger partial charge in [0.2, 0.25) is 0 Å². The molecule has 0 fully saturated rings. The highest BCUT2D eigenvalue weighted by atomic mass is 127. The number of carboxylic acid groups (broad SMARTS) is 1. The van der Waals surface area contributed by atoms with Gasteiger partial charge in [0.1, 0.15) is 5.75 Å². The average molecular weight is 477 g/mol. The smallest absolute Gasteiger partial charge is 0.328 e. The third-order valence-electron chi connectivity index (χ3n) is 2.06. The number of nitrogens with one attached hydrogen (secondary N) is 1. The van der Waals surface area contributed by atoms with Crippen molar-refractivity contribution in [1.82, 2.24) is 5.32 Å². The molecule has 0 unspecified atom stereocenters. The number of carboxylic acids is 1. The summed E-state index contributed by atoms with van der Waals surface area (Å²) in [5.41, 5.74) is -0.0222. The van der Waals surface area contributed by atoms with Crippen molar-refractivity contribution < 1.29 is 24.9 Å². The Labute approximate surface area is 130 Å². The lowest BCUT2D eigenvalue weighted by Crippen LogP contribution is -2.43. The number of carbonyl (C=O) groups is 2. The van der Waals surface area contributed by atoms with Crippen LogP contribution < -0.4 is 5.32 Å². The van der Waals surface area contributed by atoms with Crippen molar-refractivity contribution in [2.45, 2.75) is 6.04 Å². The molecule has 18 heavy (non-hydrogen) atoms. The van der Waals surface area contributed by atoms with E-state index in [0.717, 1.165) is 3.57 Å². The maximum atomic E-state index is 11.8. The minimum absolute atomic E-state index is 0.0222. The molecule has 1 rings (SSSR count). The highest BCUT2D eigenvalue weighted by Crippen LogP contribution is 2.26. The molecule has 0 spiro atoms. The number of rotatable bonds is 4. The number of hydrogen-bond acceptors (Lipinski definition) is 4. The minimum Gasteiger partial charge on any atom is -0.506 e. The maximum Gasteiger partial charge on any atom is 0.328 e. The standard InChI is InChI=1S/C10H9I2NO5/c11-4-1-5(8(15)6(12)2-4)9(16)13-7(3-14)10(17)18/h1-2,7,14-15H,3H2,(H,13,16)(H,17,18)/t7-/m1/s1. The molecule has 0 aliphatic heterocycles.